The summed E-state index contributed by atoms with van der Waals surface area (Å²) in [4.78, 5) is 5.10. The highest BCUT2D eigenvalue weighted by Gasteiger charge is 2.34. The van der Waals surface area contributed by atoms with E-state index in [0.717, 1.165) is 24.5 Å². The van der Waals surface area contributed by atoms with Crippen molar-refractivity contribution in [3.63, 3.8) is 0 Å². The molecular formula is C16H27N3. The topological polar surface area (TPSA) is 18.5 Å². The van der Waals surface area contributed by atoms with Gasteiger partial charge in [-0.2, -0.15) is 0 Å². The van der Waals surface area contributed by atoms with Gasteiger partial charge < -0.3 is 10.2 Å². The summed E-state index contributed by atoms with van der Waals surface area (Å²) in [6, 6.07) is 1.68. The van der Waals surface area contributed by atoms with Crippen molar-refractivity contribution in [3.8, 4) is 12.3 Å². The number of piperidine rings is 1. The summed E-state index contributed by atoms with van der Waals surface area (Å²) in [5.74, 6) is 3.64. The summed E-state index contributed by atoms with van der Waals surface area (Å²) in [7, 11) is 0. The lowest BCUT2D eigenvalue weighted by Crippen LogP contribution is -2.44. The lowest BCUT2D eigenvalue weighted by atomic mass is 10.0. The molecule has 1 N–H and O–H groups in total. The van der Waals surface area contributed by atoms with Gasteiger partial charge in [-0.15, -0.1) is 6.42 Å². The van der Waals surface area contributed by atoms with Crippen molar-refractivity contribution in [2.45, 2.75) is 44.2 Å². The number of nitrogens with zero attached hydrogens (tertiary/aromatic N) is 2. The Morgan fingerprint density at radius 2 is 1.84 bits per heavy atom. The van der Waals surface area contributed by atoms with Crippen LogP contribution in [0.15, 0.2) is 0 Å². The Kier molecular flexibility index (Phi) is 4.42. The molecule has 0 aromatic heterocycles. The Morgan fingerprint density at radius 1 is 1.05 bits per heavy atom. The van der Waals surface area contributed by atoms with Crippen LogP contribution >= 0.6 is 0 Å². The maximum absolute atomic E-state index is 5.37. The van der Waals surface area contributed by atoms with Crippen LogP contribution in [0.3, 0.4) is 0 Å². The SMILES string of the molecule is C#CCN1CCC(NCC2CCN(C3CC3)C2)CC1. The molecule has 3 nitrogen and oxygen atoms in total. The highest BCUT2D eigenvalue weighted by molar-refractivity contribution is 4.92. The molecule has 3 rings (SSSR count). The van der Waals surface area contributed by atoms with Gasteiger partial charge in [0.1, 0.15) is 0 Å². The van der Waals surface area contributed by atoms with E-state index in [1.54, 1.807) is 0 Å². The van der Waals surface area contributed by atoms with E-state index in [9.17, 15) is 0 Å². The van der Waals surface area contributed by atoms with Crippen molar-refractivity contribution in [3.05, 3.63) is 0 Å². The molecule has 2 heterocycles. The third-order valence-corrected chi connectivity index (χ3v) is 4.98. The summed E-state index contributed by atoms with van der Waals surface area (Å²) < 4.78 is 0. The molecule has 19 heavy (non-hydrogen) atoms. The highest BCUT2D eigenvalue weighted by Crippen LogP contribution is 2.31. The maximum Gasteiger partial charge on any atom is 0.0598 e. The number of nitrogens with one attached hydrogen (secondary N) is 1. The second-order valence-corrected chi connectivity index (χ2v) is 6.54. The predicted molar refractivity (Wildman–Crippen MR) is 79.0 cm³/mol. The number of hydrogen-bond acceptors (Lipinski definition) is 3. The molecule has 1 aliphatic carbocycles. The zero-order valence-electron chi connectivity index (χ0n) is 12.0. The largest absolute Gasteiger partial charge is 0.314 e. The molecule has 1 unspecified atom stereocenters. The molecule has 0 bridgehead atoms. The highest BCUT2D eigenvalue weighted by atomic mass is 15.2. The Morgan fingerprint density at radius 3 is 2.53 bits per heavy atom. The fourth-order valence-corrected chi connectivity index (χ4v) is 3.56. The molecule has 3 aliphatic rings. The second-order valence-electron chi connectivity index (χ2n) is 6.54. The third-order valence-electron chi connectivity index (χ3n) is 4.98. The van der Waals surface area contributed by atoms with Gasteiger partial charge >= 0.3 is 0 Å². The smallest absolute Gasteiger partial charge is 0.0598 e. The van der Waals surface area contributed by atoms with Gasteiger partial charge in [0.05, 0.1) is 6.54 Å². The Bertz CT molecular complexity index is 323. The number of hydrogen-bond donors (Lipinski definition) is 1. The van der Waals surface area contributed by atoms with Crippen molar-refractivity contribution in [2.24, 2.45) is 5.92 Å². The van der Waals surface area contributed by atoms with Crippen LogP contribution in [0.25, 0.3) is 0 Å². The van der Waals surface area contributed by atoms with Gasteiger partial charge in [-0.05, 0) is 51.1 Å². The minimum atomic E-state index is 0.726. The van der Waals surface area contributed by atoms with Crippen LogP contribution in [0.5, 0.6) is 0 Å². The van der Waals surface area contributed by atoms with E-state index in [1.807, 2.05) is 0 Å². The van der Waals surface area contributed by atoms with Gasteiger partial charge in [0.25, 0.3) is 0 Å². The third kappa shape index (κ3) is 3.72. The zero-order valence-corrected chi connectivity index (χ0v) is 12.0. The van der Waals surface area contributed by atoms with Crippen molar-refractivity contribution in [2.75, 3.05) is 39.3 Å². The average molecular weight is 261 g/mol. The normalized spacial score (nSPS) is 30.6. The fourth-order valence-electron chi connectivity index (χ4n) is 3.56. The van der Waals surface area contributed by atoms with Gasteiger partial charge in [0.2, 0.25) is 0 Å². The van der Waals surface area contributed by atoms with E-state index >= 15 is 0 Å². The molecule has 2 aliphatic heterocycles. The molecule has 1 saturated carbocycles. The molecular weight excluding hydrogens is 234 g/mol. The lowest BCUT2D eigenvalue weighted by Gasteiger charge is -2.31. The standard InChI is InChI=1S/C16H27N3/c1-2-8-18-9-6-15(7-10-18)17-12-14-5-11-19(13-14)16-3-4-16/h1,14-17H,3-13H2. The summed E-state index contributed by atoms with van der Waals surface area (Å²) >= 11 is 0. The van der Waals surface area contributed by atoms with E-state index in [4.69, 9.17) is 6.42 Å². The van der Waals surface area contributed by atoms with Crippen molar-refractivity contribution < 1.29 is 0 Å². The number of rotatable bonds is 5. The Labute approximate surface area is 117 Å². The van der Waals surface area contributed by atoms with E-state index < -0.39 is 0 Å². The summed E-state index contributed by atoms with van der Waals surface area (Å²) in [5.41, 5.74) is 0. The summed E-state index contributed by atoms with van der Waals surface area (Å²) in [6.45, 7) is 7.07. The van der Waals surface area contributed by atoms with Gasteiger partial charge in [0, 0.05) is 31.7 Å². The number of terminal acetylenes is 1. The predicted octanol–water partition coefficient (Wildman–Crippen LogP) is 1.16. The first-order chi connectivity index (χ1) is 9.35. The van der Waals surface area contributed by atoms with Crippen molar-refractivity contribution >= 4 is 0 Å². The molecule has 3 heteroatoms. The quantitative estimate of drug-likeness (QED) is 0.749. The summed E-state index contributed by atoms with van der Waals surface area (Å²) in [5, 5.41) is 3.80. The van der Waals surface area contributed by atoms with Crippen LogP contribution in [-0.4, -0.2) is 61.2 Å². The molecule has 0 aromatic carbocycles. The first-order valence-corrected chi connectivity index (χ1v) is 7.98. The van der Waals surface area contributed by atoms with Gasteiger partial charge in [-0.25, -0.2) is 0 Å². The van der Waals surface area contributed by atoms with E-state index in [0.29, 0.717) is 0 Å². The van der Waals surface area contributed by atoms with Gasteiger partial charge in [-0.1, -0.05) is 5.92 Å². The van der Waals surface area contributed by atoms with E-state index in [2.05, 4.69) is 21.0 Å². The minimum absolute atomic E-state index is 0.726. The van der Waals surface area contributed by atoms with Crippen LogP contribution < -0.4 is 5.32 Å². The fraction of sp³-hybridized carbons (Fsp3) is 0.875. The van der Waals surface area contributed by atoms with Crippen LogP contribution in [-0.2, 0) is 0 Å². The van der Waals surface area contributed by atoms with Crippen LogP contribution in [0.2, 0.25) is 0 Å². The number of likely N-dealkylation sites (tertiary alicyclic amines) is 2. The Balaban J connectivity index is 1.31. The van der Waals surface area contributed by atoms with Crippen LogP contribution in [0, 0.1) is 18.3 Å². The molecule has 1 atom stereocenters. The van der Waals surface area contributed by atoms with Gasteiger partial charge in [0.15, 0.2) is 0 Å². The molecule has 106 valence electrons. The van der Waals surface area contributed by atoms with Crippen LogP contribution in [0.1, 0.15) is 32.1 Å². The molecule has 2 saturated heterocycles. The van der Waals surface area contributed by atoms with Crippen LogP contribution in [0.4, 0.5) is 0 Å². The molecule has 0 aromatic rings. The minimum Gasteiger partial charge on any atom is -0.314 e. The van der Waals surface area contributed by atoms with E-state index in [1.165, 1.54) is 64.8 Å². The molecule has 0 spiro atoms. The second kappa shape index (κ2) is 6.26. The monoisotopic (exact) mass is 261 g/mol. The molecule has 0 radical (unpaired) electrons. The molecule has 0 amide bonds. The van der Waals surface area contributed by atoms with Gasteiger partial charge in [-0.3, -0.25) is 4.90 Å². The molecule has 3 fully saturated rings. The van der Waals surface area contributed by atoms with Crippen molar-refractivity contribution in [1.82, 2.24) is 15.1 Å². The Hall–Kier alpha value is -0.560. The zero-order chi connectivity index (χ0) is 13.1. The average Bonchev–Trinajstić information content (AvgIpc) is 3.18. The first kappa shape index (κ1) is 13.4. The van der Waals surface area contributed by atoms with E-state index in [-0.39, 0.29) is 0 Å². The van der Waals surface area contributed by atoms with Crippen molar-refractivity contribution in [1.29, 1.82) is 0 Å². The maximum atomic E-state index is 5.37. The lowest BCUT2D eigenvalue weighted by molar-refractivity contribution is 0.213. The summed E-state index contributed by atoms with van der Waals surface area (Å²) in [6.07, 6.45) is 12.2. The first-order valence-electron chi connectivity index (χ1n) is 7.98.